The van der Waals surface area contributed by atoms with Gasteiger partial charge in [-0.1, -0.05) is 0 Å². The third kappa shape index (κ3) is 6.05. The maximum atomic E-state index is 13.0. The van der Waals surface area contributed by atoms with Crippen molar-refractivity contribution in [1.29, 1.82) is 0 Å². The third-order valence-electron chi connectivity index (χ3n) is 2.83. The Hall–Kier alpha value is -2.41. The summed E-state index contributed by atoms with van der Waals surface area (Å²) in [6.07, 6.45) is -10.7. The van der Waals surface area contributed by atoms with Gasteiger partial charge in [0.25, 0.3) is 0 Å². The largest absolute Gasteiger partial charge is 0.490 e. The highest BCUT2D eigenvalue weighted by atomic mass is 19.4. The molecular weight excluding hydrogens is 418 g/mol. The fraction of sp³-hybridized carbons (Fsp3) is 0.500. The summed E-state index contributed by atoms with van der Waals surface area (Å²) < 4.78 is 133. The number of benzene rings is 1. The highest BCUT2D eigenvalue weighted by molar-refractivity contribution is 5.80. The molecule has 160 valence electrons. The Labute approximate surface area is 151 Å². The second-order valence-corrected chi connectivity index (χ2v) is 5.06. The smallest absolute Gasteiger partial charge is 0.462 e. The van der Waals surface area contributed by atoms with E-state index in [1.54, 1.807) is 0 Å². The molecule has 0 saturated heterocycles. The van der Waals surface area contributed by atoms with E-state index in [2.05, 4.69) is 9.84 Å². The van der Waals surface area contributed by atoms with Crippen molar-refractivity contribution in [2.45, 2.75) is 31.2 Å². The first kappa shape index (κ1) is 23.6. The molecule has 0 aromatic heterocycles. The molecule has 0 amide bonds. The second kappa shape index (κ2) is 8.31. The molecular formula is C14H12F10N2O2. The molecule has 0 spiro atoms. The van der Waals surface area contributed by atoms with E-state index in [1.165, 1.54) is 6.92 Å². The Kier molecular flexibility index (Phi) is 7.01. The van der Waals surface area contributed by atoms with Crippen LogP contribution in [0.4, 0.5) is 43.9 Å². The maximum absolute atomic E-state index is 13.0. The number of hydrogen-bond acceptors (Lipinski definition) is 4. The van der Waals surface area contributed by atoms with Gasteiger partial charge in [0, 0.05) is 0 Å². The van der Waals surface area contributed by atoms with Crippen LogP contribution in [0.5, 0.6) is 11.5 Å². The minimum absolute atomic E-state index is 0.0307. The van der Waals surface area contributed by atoms with E-state index in [0.717, 1.165) is 18.2 Å². The molecule has 0 heterocycles. The van der Waals surface area contributed by atoms with Gasteiger partial charge in [-0.25, -0.2) is 5.43 Å². The lowest BCUT2D eigenvalue weighted by Gasteiger charge is -2.27. The van der Waals surface area contributed by atoms with E-state index in [0.29, 0.717) is 11.6 Å². The standard InChI is InChI=1S/C14H12F10N2O2/c1-2-27-10-5-8(3-4-9(10)28-7-11(15,16)17)6-25-26-14(23,24)12(18,19)13(20,21)22/h3-6,26H,2,7H2,1H3/b25-6+. The van der Waals surface area contributed by atoms with E-state index < -0.39 is 30.9 Å². The number of nitrogens with zero attached hydrogens (tertiary/aromatic N) is 1. The normalized spacial score (nSPS) is 13.7. The highest BCUT2D eigenvalue weighted by Gasteiger charge is 2.73. The quantitative estimate of drug-likeness (QED) is 0.281. The van der Waals surface area contributed by atoms with Crippen molar-refractivity contribution in [3.63, 3.8) is 0 Å². The molecule has 0 aliphatic heterocycles. The lowest BCUT2D eigenvalue weighted by Crippen LogP contribution is -2.58. The SMILES string of the molecule is CCOc1cc(/C=N/NC(F)(F)C(F)(F)C(F)(F)F)ccc1OCC(F)(F)F. The van der Waals surface area contributed by atoms with Crippen molar-refractivity contribution in [1.82, 2.24) is 5.43 Å². The zero-order valence-electron chi connectivity index (χ0n) is 13.8. The fourth-order valence-corrected chi connectivity index (χ4v) is 1.59. The molecule has 1 rings (SSSR count). The van der Waals surface area contributed by atoms with Crippen molar-refractivity contribution in [3.8, 4) is 11.5 Å². The van der Waals surface area contributed by atoms with E-state index in [1.807, 2.05) is 0 Å². The number of halogens is 10. The summed E-state index contributed by atoms with van der Waals surface area (Å²) in [4.78, 5) is 0. The summed E-state index contributed by atoms with van der Waals surface area (Å²) in [5.41, 5.74) is 0.245. The molecule has 0 bridgehead atoms. The van der Waals surface area contributed by atoms with E-state index >= 15 is 0 Å². The van der Waals surface area contributed by atoms with Crippen LogP contribution >= 0.6 is 0 Å². The highest BCUT2D eigenvalue weighted by Crippen LogP contribution is 2.45. The van der Waals surface area contributed by atoms with Crippen molar-refractivity contribution in [2.75, 3.05) is 13.2 Å². The van der Waals surface area contributed by atoms with Crippen LogP contribution < -0.4 is 14.9 Å². The van der Waals surface area contributed by atoms with E-state index in [-0.39, 0.29) is 23.7 Å². The minimum Gasteiger partial charge on any atom is -0.490 e. The number of alkyl halides is 10. The molecule has 14 heteroatoms. The third-order valence-corrected chi connectivity index (χ3v) is 2.83. The monoisotopic (exact) mass is 430 g/mol. The van der Waals surface area contributed by atoms with Gasteiger partial charge in [-0.15, -0.1) is 0 Å². The maximum Gasteiger partial charge on any atom is 0.462 e. The molecule has 0 aliphatic rings. The fourth-order valence-electron chi connectivity index (χ4n) is 1.59. The van der Waals surface area contributed by atoms with Gasteiger partial charge in [0.15, 0.2) is 18.1 Å². The molecule has 0 aliphatic carbocycles. The number of hydrazone groups is 1. The van der Waals surface area contributed by atoms with Gasteiger partial charge in [-0.2, -0.15) is 49.0 Å². The topological polar surface area (TPSA) is 42.8 Å². The molecule has 1 aromatic carbocycles. The van der Waals surface area contributed by atoms with Crippen LogP contribution in [0.2, 0.25) is 0 Å². The van der Waals surface area contributed by atoms with Gasteiger partial charge in [-0.05, 0) is 30.7 Å². The van der Waals surface area contributed by atoms with Crippen LogP contribution in [0.15, 0.2) is 23.3 Å². The summed E-state index contributed by atoms with van der Waals surface area (Å²) in [5.74, 6) is -7.02. The zero-order chi connectivity index (χ0) is 21.8. The lowest BCUT2D eigenvalue weighted by atomic mass is 10.2. The van der Waals surface area contributed by atoms with Gasteiger partial charge in [-0.3, -0.25) is 0 Å². The van der Waals surface area contributed by atoms with Crippen LogP contribution in [-0.2, 0) is 0 Å². The van der Waals surface area contributed by atoms with Gasteiger partial charge in [0.05, 0.1) is 12.8 Å². The van der Waals surface area contributed by atoms with Crippen LogP contribution in [-0.4, -0.2) is 43.7 Å². The zero-order valence-corrected chi connectivity index (χ0v) is 13.8. The summed E-state index contributed by atoms with van der Waals surface area (Å²) >= 11 is 0. The minimum atomic E-state index is -6.53. The molecule has 1 N–H and O–H groups in total. The number of hydrogen-bond donors (Lipinski definition) is 1. The van der Waals surface area contributed by atoms with Crippen LogP contribution in [0, 0.1) is 0 Å². The molecule has 4 nitrogen and oxygen atoms in total. The summed E-state index contributed by atoms with van der Waals surface area (Å²) in [7, 11) is 0. The van der Waals surface area contributed by atoms with Crippen LogP contribution in [0.1, 0.15) is 12.5 Å². The Morgan fingerprint density at radius 1 is 0.929 bits per heavy atom. The van der Waals surface area contributed by atoms with Gasteiger partial charge in [0.2, 0.25) is 0 Å². The van der Waals surface area contributed by atoms with Crippen molar-refractivity contribution < 1.29 is 53.4 Å². The van der Waals surface area contributed by atoms with Gasteiger partial charge in [0.1, 0.15) is 0 Å². The summed E-state index contributed by atoms with van der Waals surface area (Å²) in [5, 5.41) is 2.63. The van der Waals surface area contributed by atoms with Crippen molar-refractivity contribution >= 4 is 6.21 Å². The van der Waals surface area contributed by atoms with Crippen molar-refractivity contribution in [3.05, 3.63) is 23.8 Å². The number of rotatable bonds is 8. The predicted octanol–water partition coefficient (Wildman–Crippen LogP) is 4.74. The molecule has 28 heavy (non-hydrogen) atoms. The first-order valence-electron chi connectivity index (χ1n) is 7.19. The Bertz CT molecular complexity index is 686. The first-order valence-corrected chi connectivity index (χ1v) is 7.19. The predicted molar refractivity (Wildman–Crippen MR) is 75.8 cm³/mol. The number of ether oxygens (including phenoxy) is 2. The van der Waals surface area contributed by atoms with Gasteiger partial charge < -0.3 is 9.47 Å². The Morgan fingerprint density at radius 3 is 2.04 bits per heavy atom. The first-order chi connectivity index (χ1) is 12.6. The molecule has 0 unspecified atom stereocenters. The second-order valence-electron chi connectivity index (χ2n) is 5.06. The lowest BCUT2D eigenvalue weighted by molar-refractivity contribution is -0.361. The molecule has 0 fully saturated rings. The molecule has 0 saturated carbocycles. The average molecular weight is 430 g/mol. The van der Waals surface area contributed by atoms with E-state index in [4.69, 9.17) is 4.74 Å². The van der Waals surface area contributed by atoms with Crippen molar-refractivity contribution in [2.24, 2.45) is 5.10 Å². The Balaban J connectivity index is 2.95. The summed E-state index contributed by atoms with van der Waals surface area (Å²) in [6, 6.07) is -2.86. The Morgan fingerprint density at radius 2 is 1.54 bits per heavy atom. The molecule has 0 atom stereocenters. The molecule has 1 aromatic rings. The molecule has 0 radical (unpaired) electrons. The van der Waals surface area contributed by atoms with Crippen LogP contribution in [0.25, 0.3) is 0 Å². The van der Waals surface area contributed by atoms with Crippen LogP contribution in [0.3, 0.4) is 0 Å². The number of nitrogens with one attached hydrogen (secondary N) is 1. The van der Waals surface area contributed by atoms with E-state index in [9.17, 15) is 43.9 Å². The van der Waals surface area contributed by atoms with Gasteiger partial charge >= 0.3 is 24.3 Å². The average Bonchev–Trinajstić information content (AvgIpc) is 2.52. The summed E-state index contributed by atoms with van der Waals surface area (Å²) in [6.45, 7) is -0.215.